The van der Waals surface area contributed by atoms with E-state index in [4.69, 9.17) is 5.26 Å². The molecule has 4 nitrogen and oxygen atoms in total. The van der Waals surface area contributed by atoms with Crippen molar-refractivity contribution in [3.05, 3.63) is 47.3 Å². The number of nitrogens with one attached hydrogen (secondary N) is 1. The molecule has 0 saturated carbocycles. The fraction of sp³-hybridized carbons (Fsp3) is 0.286. The Balaban J connectivity index is 2.14. The van der Waals surface area contributed by atoms with Gasteiger partial charge in [-0.15, -0.1) is 0 Å². The Hall–Kier alpha value is -2.28. The van der Waals surface area contributed by atoms with Crippen molar-refractivity contribution in [3.63, 3.8) is 0 Å². The van der Waals surface area contributed by atoms with Crippen LogP contribution in [0.5, 0.6) is 0 Å². The van der Waals surface area contributed by atoms with Gasteiger partial charge in [0.2, 0.25) is 0 Å². The molecule has 0 atom stereocenters. The van der Waals surface area contributed by atoms with E-state index in [1.165, 1.54) is 0 Å². The highest BCUT2D eigenvalue weighted by Gasteiger charge is 2.05. The smallest absolute Gasteiger partial charge is 0.101 e. The summed E-state index contributed by atoms with van der Waals surface area (Å²) in [6.45, 7) is 5.58. The van der Waals surface area contributed by atoms with Gasteiger partial charge in [0.05, 0.1) is 29.2 Å². The molecule has 92 valence electrons. The number of aromatic nitrogens is 2. The Morgan fingerprint density at radius 1 is 1.39 bits per heavy atom. The fourth-order valence-corrected chi connectivity index (χ4v) is 1.94. The third-order valence-corrected chi connectivity index (χ3v) is 2.79. The summed E-state index contributed by atoms with van der Waals surface area (Å²) in [5, 5.41) is 16.7. The molecule has 0 bridgehead atoms. The molecule has 0 amide bonds. The summed E-state index contributed by atoms with van der Waals surface area (Å²) in [4.78, 5) is 0. The first-order valence-electron chi connectivity index (χ1n) is 6.01. The summed E-state index contributed by atoms with van der Waals surface area (Å²) in [5.41, 5.74) is 3.67. The van der Waals surface area contributed by atoms with Crippen LogP contribution in [0.15, 0.2) is 30.3 Å². The molecule has 1 heterocycles. The molecule has 0 spiro atoms. The van der Waals surface area contributed by atoms with E-state index >= 15 is 0 Å². The van der Waals surface area contributed by atoms with Crippen LogP contribution >= 0.6 is 0 Å². The maximum absolute atomic E-state index is 9.01. The summed E-state index contributed by atoms with van der Waals surface area (Å²) in [7, 11) is 0. The minimum Gasteiger partial charge on any atom is -0.378 e. The second kappa shape index (κ2) is 5.37. The Morgan fingerprint density at radius 3 is 2.89 bits per heavy atom. The van der Waals surface area contributed by atoms with Gasteiger partial charge in [-0.05, 0) is 32.0 Å². The predicted octanol–water partition coefficient (Wildman–Crippen LogP) is 2.70. The Kier molecular flexibility index (Phi) is 3.63. The molecule has 0 unspecified atom stereocenters. The maximum atomic E-state index is 9.01. The number of benzene rings is 1. The van der Waals surface area contributed by atoms with Gasteiger partial charge in [0.25, 0.3) is 0 Å². The van der Waals surface area contributed by atoms with Crippen LogP contribution in [-0.4, -0.2) is 9.78 Å². The molecule has 0 fully saturated rings. The van der Waals surface area contributed by atoms with Crippen molar-refractivity contribution in [2.75, 3.05) is 5.32 Å². The monoisotopic (exact) mass is 240 g/mol. The summed E-state index contributed by atoms with van der Waals surface area (Å²) in [5.74, 6) is 0. The second-order valence-electron chi connectivity index (χ2n) is 4.10. The lowest BCUT2D eigenvalue weighted by molar-refractivity contribution is 0.623. The van der Waals surface area contributed by atoms with Crippen molar-refractivity contribution in [2.45, 2.75) is 26.9 Å². The largest absolute Gasteiger partial charge is 0.378 e. The van der Waals surface area contributed by atoms with E-state index in [-0.39, 0.29) is 0 Å². The predicted molar refractivity (Wildman–Crippen MR) is 71.1 cm³/mol. The van der Waals surface area contributed by atoms with Gasteiger partial charge in [0, 0.05) is 6.54 Å². The van der Waals surface area contributed by atoms with Crippen LogP contribution in [0.2, 0.25) is 0 Å². The van der Waals surface area contributed by atoms with Crippen LogP contribution in [0, 0.1) is 18.3 Å². The topological polar surface area (TPSA) is 53.6 Å². The van der Waals surface area contributed by atoms with Gasteiger partial charge in [-0.25, -0.2) is 0 Å². The van der Waals surface area contributed by atoms with E-state index in [1.807, 2.05) is 35.9 Å². The zero-order chi connectivity index (χ0) is 13.0. The van der Waals surface area contributed by atoms with E-state index < -0.39 is 0 Å². The number of hydrogen-bond donors (Lipinski definition) is 1. The first kappa shape index (κ1) is 12.2. The van der Waals surface area contributed by atoms with E-state index in [1.54, 1.807) is 0 Å². The number of hydrogen-bond acceptors (Lipinski definition) is 3. The maximum Gasteiger partial charge on any atom is 0.101 e. The highest BCUT2D eigenvalue weighted by molar-refractivity contribution is 5.57. The number of anilines is 1. The average molecular weight is 240 g/mol. The highest BCUT2D eigenvalue weighted by Crippen LogP contribution is 2.15. The van der Waals surface area contributed by atoms with Gasteiger partial charge in [-0.3, -0.25) is 4.68 Å². The first-order chi connectivity index (χ1) is 8.74. The minimum atomic E-state index is 0.664. The molecule has 18 heavy (non-hydrogen) atoms. The minimum absolute atomic E-state index is 0.664. The second-order valence-corrected chi connectivity index (χ2v) is 4.10. The van der Waals surface area contributed by atoms with Crippen molar-refractivity contribution in [3.8, 4) is 6.07 Å². The van der Waals surface area contributed by atoms with Crippen LogP contribution in [-0.2, 0) is 13.1 Å². The van der Waals surface area contributed by atoms with E-state index in [0.717, 1.165) is 23.6 Å². The van der Waals surface area contributed by atoms with Crippen LogP contribution < -0.4 is 5.32 Å². The Labute approximate surface area is 107 Å². The summed E-state index contributed by atoms with van der Waals surface area (Å²) < 4.78 is 1.97. The lowest BCUT2D eigenvalue weighted by Crippen LogP contribution is -2.08. The number of nitriles is 1. The summed E-state index contributed by atoms with van der Waals surface area (Å²) in [6.07, 6.45) is 0. The molecule has 1 N–H and O–H groups in total. The van der Waals surface area contributed by atoms with Gasteiger partial charge < -0.3 is 5.32 Å². The highest BCUT2D eigenvalue weighted by atomic mass is 15.3. The quantitative estimate of drug-likeness (QED) is 0.894. The SMILES string of the molecule is CCn1nc(C)cc1CNc1ccccc1C#N. The van der Waals surface area contributed by atoms with Crippen LogP contribution in [0.4, 0.5) is 5.69 Å². The van der Waals surface area contributed by atoms with Gasteiger partial charge in [0.1, 0.15) is 6.07 Å². The average Bonchev–Trinajstić information content (AvgIpc) is 2.77. The molecule has 1 aromatic carbocycles. The Bertz CT molecular complexity index is 578. The number of aryl methyl sites for hydroxylation is 2. The molecule has 2 rings (SSSR count). The van der Waals surface area contributed by atoms with Crippen molar-refractivity contribution in [1.82, 2.24) is 9.78 Å². The molecule has 0 saturated heterocycles. The normalized spacial score (nSPS) is 10.1. The zero-order valence-electron chi connectivity index (χ0n) is 10.6. The molecule has 1 aromatic heterocycles. The molecular weight excluding hydrogens is 224 g/mol. The number of nitrogens with zero attached hydrogens (tertiary/aromatic N) is 3. The lowest BCUT2D eigenvalue weighted by atomic mass is 10.2. The number of para-hydroxylation sites is 1. The van der Waals surface area contributed by atoms with Crippen molar-refractivity contribution >= 4 is 5.69 Å². The third-order valence-electron chi connectivity index (χ3n) is 2.79. The van der Waals surface area contributed by atoms with Gasteiger partial charge in [0.15, 0.2) is 0 Å². The lowest BCUT2D eigenvalue weighted by Gasteiger charge is -2.09. The van der Waals surface area contributed by atoms with Gasteiger partial charge in [-0.2, -0.15) is 10.4 Å². The standard InChI is InChI=1S/C14H16N4/c1-3-18-13(8-11(2)17-18)10-16-14-7-5-4-6-12(14)9-15/h4-8,16H,3,10H2,1-2H3. The molecule has 0 aliphatic heterocycles. The summed E-state index contributed by atoms with van der Waals surface area (Å²) >= 11 is 0. The van der Waals surface area contributed by atoms with Crippen LogP contribution in [0.25, 0.3) is 0 Å². The van der Waals surface area contributed by atoms with Crippen molar-refractivity contribution in [1.29, 1.82) is 5.26 Å². The van der Waals surface area contributed by atoms with Gasteiger partial charge >= 0.3 is 0 Å². The third kappa shape index (κ3) is 2.51. The Morgan fingerprint density at radius 2 is 2.17 bits per heavy atom. The molecule has 0 aliphatic rings. The number of rotatable bonds is 4. The van der Waals surface area contributed by atoms with Crippen LogP contribution in [0.3, 0.4) is 0 Å². The van der Waals surface area contributed by atoms with Gasteiger partial charge in [-0.1, -0.05) is 12.1 Å². The van der Waals surface area contributed by atoms with E-state index in [2.05, 4.69) is 29.5 Å². The van der Waals surface area contributed by atoms with Crippen LogP contribution in [0.1, 0.15) is 23.9 Å². The first-order valence-corrected chi connectivity index (χ1v) is 6.01. The zero-order valence-corrected chi connectivity index (χ0v) is 10.6. The molecular formula is C14H16N4. The van der Waals surface area contributed by atoms with Crippen molar-refractivity contribution < 1.29 is 0 Å². The molecule has 4 heteroatoms. The van der Waals surface area contributed by atoms with E-state index in [9.17, 15) is 0 Å². The molecule has 2 aromatic rings. The summed E-state index contributed by atoms with van der Waals surface area (Å²) in [6, 6.07) is 11.8. The fourth-order valence-electron chi connectivity index (χ4n) is 1.94. The molecule has 0 aliphatic carbocycles. The molecule has 0 radical (unpaired) electrons. The van der Waals surface area contributed by atoms with Crippen molar-refractivity contribution in [2.24, 2.45) is 0 Å². The van der Waals surface area contributed by atoms with E-state index in [0.29, 0.717) is 12.1 Å².